The summed E-state index contributed by atoms with van der Waals surface area (Å²) in [7, 11) is 0. The molecule has 1 aromatic rings. The molecule has 1 aliphatic heterocycles. The van der Waals surface area contributed by atoms with E-state index in [1.807, 2.05) is 18.2 Å². The monoisotopic (exact) mass is 290 g/mol. The minimum atomic E-state index is 0.0723. The SMILES string of the molecule is Cc1ccccc1CNC(=O)CN1CCCCC1CCO. The van der Waals surface area contributed by atoms with E-state index in [1.54, 1.807) is 0 Å². The highest BCUT2D eigenvalue weighted by atomic mass is 16.3. The smallest absolute Gasteiger partial charge is 0.234 e. The number of piperidine rings is 1. The van der Waals surface area contributed by atoms with Crippen LogP contribution in [0.5, 0.6) is 0 Å². The zero-order chi connectivity index (χ0) is 15.1. The van der Waals surface area contributed by atoms with Crippen LogP contribution in [0.3, 0.4) is 0 Å². The van der Waals surface area contributed by atoms with Crippen molar-refractivity contribution in [1.82, 2.24) is 10.2 Å². The minimum absolute atomic E-state index is 0.0723. The highest BCUT2D eigenvalue weighted by molar-refractivity contribution is 5.78. The molecule has 1 atom stereocenters. The standard InChI is InChI=1S/C17H26N2O2/c1-14-6-2-3-7-15(14)12-18-17(21)13-19-10-5-4-8-16(19)9-11-20/h2-3,6-7,16,20H,4-5,8-13H2,1H3,(H,18,21). The van der Waals surface area contributed by atoms with Crippen LogP contribution in [0.4, 0.5) is 0 Å². The molecule has 1 aliphatic rings. The molecule has 2 rings (SSSR count). The van der Waals surface area contributed by atoms with Crippen molar-refractivity contribution in [3.63, 3.8) is 0 Å². The Labute approximate surface area is 127 Å². The Morgan fingerprint density at radius 3 is 2.95 bits per heavy atom. The average molecular weight is 290 g/mol. The van der Waals surface area contributed by atoms with Crippen LogP contribution in [0.25, 0.3) is 0 Å². The highest BCUT2D eigenvalue weighted by Gasteiger charge is 2.23. The molecule has 0 spiro atoms. The Kier molecular flexibility index (Phi) is 6.21. The predicted octanol–water partition coefficient (Wildman–Crippen LogP) is 1.85. The van der Waals surface area contributed by atoms with E-state index < -0.39 is 0 Å². The number of aliphatic hydroxyl groups is 1. The molecule has 0 radical (unpaired) electrons. The van der Waals surface area contributed by atoms with Gasteiger partial charge in [0.15, 0.2) is 0 Å². The molecular weight excluding hydrogens is 264 g/mol. The minimum Gasteiger partial charge on any atom is -0.396 e. The van der Waals surface area contributed by atoms with Gasteiger partial charge in [0.1, 0.15) is 0 Å². The van der Waals surface area contributed by atoms with E-state index in [-0.39, 0.29) is 12.5 Å². The van der Waals surface area contributed by atoms with Crippen LogP contribution in [0.2, 0.25) is 0 Å². The summed E-state index contributed by atoms with van der Waals surface area (Å²) in [6, 6.07) is 8.46. The van der Waals surface area contributed by atoms with E-state index in [0.29, 0.717) is 19.1 Å². The van der Waals surface area contributed by atoms with Gasteiger partial charge < -0.3 is 10.4 Å². The lowest BCUT2D eigenvalue weighted by Gasteiger charge is -2.34. The summed E-state index contributed by atoms with van der Waals surface area (Å²) in [5.74, 6) is 0.0723. The number of rotatable bonds is 6. The Bertz CT molecular complexity index is 460. The van der Waals surface area contributed by atoms with Gasteiger partial charge in [0.25, 0.3) is 0 Å². The third-order valence-electron chi connectivity index (χ3n) is 4.30. The van der Waals surface area contributed by atoms with E-state index in [2.05, 4.69) is 23.2 Å². The first-order chi connectivity index (χ1) is 10.2. The molecule has 0 aromatic heterocycles. The number of benzene rings is 1. The average Bonchev–Trinajstić information content (AvgIpc) is 2.49. The number of carbonyl (C=O) groups is 1. The molecule has 4 nitrogen and oxygen atoms in total. The fourth-order valence-electron chi connectivity index (χ4n) is 2.99. The quantitative estimate of drug-likeness (QED) is 0.840. The maximum Gasteiger partial charge on any atom is 0.234 e. The molecular formula is C17H26N2O2. The number of nitrogens with zero attached hydrogens (tertiary/aromatic N) is 1. The molecule has 0 aliphatic carbocycles. The van der Waals surface area contributed by atoms with Gasteiger partial charge in [-0.25, -0.2) is 0 Å². The fraction of sp³-hybridized carbons (Fsp3) is 0.588. The van der Waals surface area contributed by atoms with E-state index >= 15 is 0 Å². The largest absolute Gasteiger partial charge is 0.396 e. The summed E-state index contributed by atoms with van der Waals surface area (Å²) in [6.45, 7) is 4.25. The maximum atomic E-state index is 12.1. The lowest BCUT2D eigenvalue weighted by atomic mass is 9.99. The Morgan fingerprint density at radius 2 is 2.19 bits per heavy atom. The third kappa shape index (κ3) is 4.83. The second kappa shape index (κ2) is 8.15. The van der Waals surface area contributed by atoms with Crippen LogP contribution in [-0.4, -0.2) is 41.7 Å². The van der Waals surface area contributed by atoms with Crippen molar-refractivity contribution in [1.29, 1.82) is 0 Å². The number of aryl methyl sites for hydroxylation is 1. The van der Waals surface area contributed by atoms with Crippen LogP contribution in [0.15, 0.2) is 24.3 Å². The first-order valence-electron chi connectivity index (χ1n) is 7.87. The molecule has 1 fully saturated rings. The van der Waals surface area contributed by atoms with Gasteiger partial charge in [0.05, 0.1) is 6.54 Å². The molecule has 21 heavy (non-hydrogen) atoms. The molecule has 1 unspecified atom stereocenters. The van der Waals surface area contributed by atoms with Crippen molar-refractivity contribution < 1.29 is 9.90 Å². The molecule has 1 amide bonds. The second-order valence-electron chi connectivity index (χ2n) is 5.84. The molecule has 0 saturated carbocycles. The lowest BCUT2D eigenvalue weighted by Crippen LogP contribution is -2.45. The molecule has 116 valence electrons. The van der Waals surface area contributed by atoms with Gasteiger partial charge in [-0.3, -0.25) is 9.69 Å². The van der Waals surface area contributed by atoms with Crippen molar-refractivity contribution in [2.75, 3.05) is 19.7 Å². The van der Waals surface area contributed by atoms with Crippen molar-refractivity contribution >= 4 is 5.91 Å². The summed E-state index contributed by atoms with van der Waals surface area (Å²) in [4.78, 5) is 14.3. The van der Waals surface area contributed by atoms with Crippen molar-refractivity contribution in [3.8, 4) is 0 Å². The first-order valence-corrected chi connectivity index (χ1v) is 7.87. The molecule has 0 bridgehead atoms. The summed E-state index contributed by atoms with van der Waals surface area (Å²) >= 11 is 0. The number of aliphatic hydroxyl groups excluding tert-OH is 1. The Morgan fingerprint density at radius 1 is 1.38 bits per heavy atom. The highest BCUT2D eigenvalue weighted by Crippen LogP contribution is 2.18. The van der Waals surface area contributed by atoms with Gasteiger partial charge in [0.2, 0.25) is 5.91 Å². The van der Waals surface area contributed by atoms with E-state index in [9.17, 15) is 4.79 Å². The zero-order valence-corrected chi connectivity index (χ0v) is 12.8. The van der Waals surface area contributed by atoms with Crippen molar-refractivity contribution in [3.05, 3.63) is 35.4 Å². The fourth-order valence-corrected chi connectivity index (χ4v) is 2.99. The number of hydrogen-bond donors (Lipinski definition) is 2. The Balaban J connectivity index is 1.82. The number of carbonyl (C=O) groups excluding carboxylic acids is 1. The molecule has 1 aromatic carbocycles. The predicted molar refractivity (Wildman–Crippen MR) is 83.9 cm³/mol. The van der Waals surface area contributed by atoms with Crippen LogP contribution < -0.4 is 5.32 Å². The molecule has 4 heteroatoms. The summed E-state index contributed by atoms with van der Waals surface area (Å²) in [5, 5.41) is 12.1. The van der Waals surface area contributed by atoms with Crippen LogP contribution in [-0.2, 0) is 11.3 Å². The van der Waals surface area contributed by atoms with Gasteiger partial charge in [-0.05, 0) is 43.9 Å². The third-order valence-corrected chi connectivity index (χ3v) is 4.30. The number of nitrogens with one attached hydrogen (secondary N) is 1. The van der Waals surface area contributed by atoms with Gasteiger partial charge >= 0.3 is 0 Å². The Hall–Kier alpha value is -1.39. The maximum absolute atomic E-state index is 12.1. The zero-order valence-electron chi connectivity index (χ0n) is 12.8. The van der Waals surface area contributed by atoms with E-state index in [0.717, 1.165) is 31.4 Å². The number of amides is 1. The van der Waals surface area contributed by atoms with Crippen LogP contribution >= 0.6 is 0 Å². The normalized spacial score (nSPS) is 19.4. The van der Waals surface area contributed by atoms with Crippen LogP contribution in [0.1, 0.15) is 36.8 Å². The lowest BCUT2D eigenvalue weighted by molar-refractivity contribution is -0.123. The number of likely N-dealkylation sites (tertiary alicyclic amines) is 1. The van der Waals surface area contributed by atoms with Gasteiger partial charge in [0, 0.05) is 19.2 Å². The molecule has 1 heterocycles. The van der Waals surface area contributed by atoms with Gasteiger partial charge in [-0.15, -0.1) is 0 Å². The van der Waals surface area contributed by atoms with Gasteiger partial charge in [-0.2, -0.15) is 0 Å². The van der Waals surface area contributed by atoms with Crippen molar-refractivity contribution in [2.24, 2.45) is 0 Å². The molecule has 2 N–H and O–H groups in total. The summed E-state index contributed by atoms with van der Waals surface area (Å²) in [6.07, 6.45) is 4.20. The number of hydrogen-bond acceptors (Lipinski definition) is 3. The summed E-state index contributed by atoms with van der Waals surface area (Å²) in [5.41, 5.74) is 2.37. The van der Waals surface area contributed by atoms with Crippen LogP contribution in [0, 0.1) is 6.92 Å². The van der Waals surface area contributed by atoms with E-state index in [1.165, 1.54) is 12.0 Å². The first kappa shape index (κ1) is 16.0. The summed E-state index contributed by atoms with van der Waals surface area (Å²) < 4.78 is 0. The molecule has 1 saturated heterocycles. The second-order valence-corrected chi connectivity index (χ2v) is 5.84. The van der Waals surface area contributed by atoms with Crippen molar-refractivity contribution in [2.45, 2.75) is 45.2 Å². The topological polar surface area (TPSA) is 52.6 Å². The van der Waals surface area contributed by atoms with Gasteiger partial charge in [-0.1, -0.05) is 30.7 Å². The van der Waals surface area contributed by atoms with E-state index in [4.69, 9.17) is 5.11 Å².